The predicted octanol–water partition coefficient (Wildman–Crippen LogP) is 1.82. The number of benzene rings is 1. The van der Waals surface area contributed by atoms with Gasteiger partial charge in [-0.2, -0.15) is 5.26 Å². The molecule has 5 nitrogen and oxygen atoms in total. The Bertz CT molecular complexity index is 503. The van der Waals surface area contributed by atoms with Gasteiger partial charge in [0, 0.05) is 6.42 Å². The molecule has 1 N–H and O–H groups in total. The minimum Gasteiger partial charge on any atom is -0.465 e. The number of nitrogens with zero attached hydrogens (tertiary/aromatic N) is 1. The number of methoxy groups -OCH3 is 1. The number of amides is 1. The maximum atomic E-state index is 11.6. The second-order valence-corrected chi connectivity index (χ2v) is 4.35. The minimum atomic E-state index is -0.427. The number of nitriles is 1. The van der Waals surface area contributed by atoms with Gasteiger partial charge in [-0.05, 0) is 30.5 Å². The van der Waals surface area contributed by atoms with Crippen molar-refractivity contribution in [3.05, 3.63) is 35.4 Å². The molecular formula is C15H18N2O3. The Morgan fingerprint density at radius 2 is 2.00 bits per heavy atom. The summed E-state index contributed by atoms with van der Waals surface area (Å²) >= 11 is 0. The number of carbonyl (C=O) groups excluding carboxylic acids is 2. The first-order valence-corrected chi connectivity index (χ1v) is 6.47. The smallest absolute Gasteiger partial charge is 0.337 e. The van der Waals surface area contributed by atoms with Crippen LogP contribution in [0.5, 0.6) is 0 Å². The standard InChI is InChI=1S/C15H18N2O3/c1-3-13(10-16)17-14(18)9-6-11-4-7-12(8-5-11)15(19)20-2/h4-5,7-8,13H,3,6,9H2,1-2H3,(H,17,18). The number of carbonyl (C=O) groups is 2. The van der Waals surface area contributed by atoms with Gasteiger partial charge in [0.05, 0.1) is 18.7 Å². The average Bonchev–Trinajstić information content (AvgIpc) is 2.50. The van der Waals surface area contributed by atoms with Crippen molar-refractivity contribution in [1.82, 2.24) is 5.32 Å². The zero-order valence-corrected chi connectivity index (χ0v) is 11.7. The summed E-state index contributed by atoms with van der Waals surface area (Å²) in [6.45, 7) is 1.85. The molecule has 0 aliphatic rings. The van der Waals surface area contributed by atoms with Gasteiger partial charge < -0.3 is 10.1 Å². The van der Waals surface area contributed by atoms with Crippen molar-refractivity contribution in [3.8, 4) is 6.07 Å². The SMILES string of the molecule is CCC(C#N)NC(=O)CCc1ccc(C(=O)OC)cc1. The number of rotatable bonds is 6. The monoisotopic (exact) mass is 274 g/mol. The van der Waals surface area contributed by atoms with E-state index in [0.717, 1.165) is 5.56 Å². The number of hydrogen-bond donors (Lipinski definition) is 1. The molecule has 0 saturated heterocycles. The molecular weight excluding hydrogens is 256 g/mol. The number of hydrogen-bond acceptors (Lipinski definition) is 4. The van der Waals surface area contributed by atoms with Crippen LogP contribution in [0, 0.1) is 11.3 Å². The van der Waals surface area contributed by atoms with Gasteiger partial charge in [-0.15, -0.1) is 0 Å². The number of ether oxygens (including phenoxy) is 1. The first-order valence-electron chi connectivity index (χ1n) is 6.47. The molecule has 0 heterocycles. The summed E-state index contributed by atoms with van der Waals surface area (Å²) in [6, 6.07) is 8.52. The third-order valence-corrected chi connectivity index (χ3v) is 2.92. The normalized spacial score (nSPS) is 11.2. The van der Waals surface area contributed by atoms with Gasteiger partial charge in [0.25, 0.3) is 0 Å². The Hall–Kier alpha value is -2.35. The molecule has 106 valence electrons. The fourth-order valence-electron chi connectivity index (χ4n) is 1.68. The largest absolute Gasteiger partial charge is 0.465 e. The molecule has 1 atom stereocenters. The Kier molecular flexibility index (Phi) is 6.24. The molecule has 5 heteroatoms. The fraction of sp³-hybridized carbons (Fsp3) is 0.400. The average molecular weight is 274 g/mol. The lowest BCUT2D eigenvalue weighted by molar-refractivity contribution is -0.121. The van der Waals surface area contributed by atoms with Gasteiger partial charge in [-0.3, -0.25) is 4.79 Å². The molecule has 0 saturated carbocycles. The van der Waals surface area contributed by atoms with Gasteiger partial charge >= 0.3 is 5.97 Å². The van der Waals surface area contributed by atoms with E-state index in [1.807, 2.05) is 13.0 Å². The third kappa shape index (κ3) is 4.73. The van der Waals surface area contributed by atoms with Gasteiger partial charge in [-0.25, -0.2) is 4.79 Å². The second-order valence-electron chi connectivity index (χ2n) is 4.35. The molecule has 0 fully saturated rings. The summed E-state index contributed by atoms with van der Waals surface area (Å²) in [7, 11) is 1.33. The van der Waals surface area contributed by atoms with E-state index in [1.54, 1.807) is 24.3 Å². The van der Waals surface area contributed by atoms with Crippen LogP contribution in [-0.2, 0) is 16.0 Å². The van der Waals surface area contributed by atoms with E-state index < -0.39 is 6.04 Å². The van der Waals surface area contributed by atoms with Crippen molar-refractivity contribution in [1.29, 1.82) is 5.26 Å². The van der Waals surface area contributed by atoms with Crippen LogP contribution in [0.2, 0.25) is 0 Å². The van der Waals surface area contributed by atoms with E-state index in [-0.39, 0.29) is 11.9 Å². The first-order chi connectivity index (χ1) is 9.60. The van der Waals surface area contributed by atoms with Gasteiger partial charge in [0.1, 0.15) is 6.04 Å². The summed E-state index contributed by atoms with van der Waals surface area (Å²) in [6.07, 6.45) is 1.47. The van der Waals surface area contributed by atoms with Gasteiger partial charge in [-0.1, -0.05) is 19.1 Å². The topological polar surface area (TPSA) is 79.2 Å². The summed E-state index contributed by atoms with van der Waals surface area (Å²) in [4.78, 5) is 22.9. The Balaban J connectivity index is 2.48. The van der Waals surface area contributed by atoms with E-state index in [2.05, 4.69) is 10.1 Å². The minimum absolute atomic E-state index is 0.143. The second kappa shape index (κ2) is 7.95. The summed E-state index contributed by atoms with van der Waals surface area (Å²) in [5.41, 5.74) is 1.44. The van der Waals surface area contributed by atoms with Crippen LogP contribution in [0.1, 0.15) is 35.7 Å². The first kappa shape index (κ1) is 15.7. The molecule has 0 aliphatic carbocycles. The van der Waals surface area contributed by atoms with Crippen molar-refractivity contribution < 1.29 is 14.3 Å². The molecule has 0 aromatic heterocycles. The van der Waals surface area contributed by atoms with E-state index in [9.17, 15) is 9.59 Å². The maximum absolute atomic E-state index is 11.6. The highest BCUT2D eigenvalue weighted by atomic mass is 16.5. The van der Waals surface area contributed by atoms with E-state index in [0.29, 0.717) is 24.8 Å². The Morgan fingerprint density at radius 3 is 2.50 bits per heavy atom. The van der Waals surface area contributed by atoms with Crippen molar-refractivity contribution in [2.75, 3.05) is 7.11 Å². The number of nitrogens with one attached hydrogen (secondary N) is 1. The molecule has 1 aromatic rings. The van der Waals surface area contributed by atoms with Gasteiger partial charge in [0.2, 0.25) is 5.91 Å². The lowest BCUT2D eigenvalue weighted by Gasteiger charge is -2.09. The zero-order valence-electron chi connectivity index (χ0n) is 11.7. The van der Waals surface area contributed by atoms with Crippen LogP contribution in [0.4, 0.5) is 0 Å². The molecule has 0 bridgehead atoms. The molecule has 0 radical (unpaired) electrons. The predicted molar refractivity (Wildman–Crippen MR) is 73.9 cm³/mol. The molecule has 1 aromatic carbocycles. The molecule has 1 amide bonds. The highest BCUT2D eigenvalue weighted by molar-refractivity contribution is 5.89. The zero-order chi connectivity index (χ0) is 15.0. The Morgan fingerprint density at radius 1 is 1.35 bits per heavy atom. The lowest BCUT2D eigenvalue weighted by atomic mass is 10.1. The van der Waals surface area contributed by atoms with Crippen LogP contribution in [0.25, 0.3) is 0 Å². The molecule has 0 spiro atoms. The number of aryl methyl sites for hydroxylation is 1. The van der Waals surface area contributed by atoms with E-state index in [4.69, 9.17) is 5.26 Å². The van der Waals surface area contributed by atoms with Crippen LogP contribution >= 0.6 is 0 Å². The summed E-state index contributed by atoms with van der Waals surface area (Å²) < 4.78 is 4.61. The van der Waals surface area contributed by atoms with Gasteiger partial charge in [0.15, 0.2) is 0 Å². The highest BCUT2D eigenvalue weighted by Gasteiger charge is 2.09. The maximum Gasteiger partial charge on any atom is 0.337 e. The summed E-state index contributed by atoms with van der Waals surface area (Å²) in [5.74, 6) is -0.524. The third-order valence-electron chi connectivity index (χ3n) is 2.92. The van der Waals surface area contributed by atoms with E-state index in [1.165, 1.54) is 7.11 Å². The fourth-order valence-corrected chi connectivity index (χ4v) is 1.68. The molecule has 0 aliphatic heterocycles. The van der Waals surface area contributed by atoms with Crippen molar-refractivity contribution in [2.24, 2.45) is 0 Å². The van der Waals surface area contributed by atoms with Crippen molar-refractivity contribution >= 4 is 11.9 Å². The Labute approximate surface area is 118 Å². The highest BCUT2D eigenvalue weighted by Crippen LogP contribution is 2.08. The van der Waals surface area contributed by atoms with Crippen molar-refractivity contribution in [2.45, 2.75) is 32.2 Å². The van der Waals surface area contributed by atoms with Crippen molar-refractivity contribution in [3.63, 3.8) is 0 Å². The lowest BCUT2D eigenvalue weighted by Crippen LogP contribution is -2.33. The van der Waals surface area contributed by atoms with Crippen LogP contribution in [0.15, 0.2) is 24.3 Å². The van der Waals surface area contributed by atoms with Crippen LogP contribution in [0.3, 0.4) is 0 Å². The quantitative estimate of drug-likeness (QED) is 0.802. The molecule has 20 heavy (non-hydrogen) atoms. The molecule has 1 unspecified atom stereocenters. The van der Waals surface area contributed by atoms with E-state index >= 15 is 0 Å². The number of esters is 1. The van der Waals surface area contributed by atoms with Crippen LogP contribution < -0.4 is 5.32 Å². The molecule has 1 rings (SSSR count). The van der Waals surface area contributed by atoms with Crippen LogP contribution in [-0.4, -0.2) is 25.0 Å². The summed E-state index contributed by atoms with van der Waals surface area (Å²) in [5, 5.41) is 11.4.